The van der Waals surface area contributed by atoms with Gasteiger partial charge < -0.3 is 23.9 Å². The van der Waals surface area contributed by atoms with Gasteiger partial charge in [0.05, 0.1) is 7.11 Å². The third kappa shape index (κ3) is 6.37. The molecule has 0 spiro atoms. The molecule has 0 radical (unpaired) electrons. The Bertz CT molecular complexity index is 1410. The summed E-state index contributed by atoms with van der Waals surface area (Å²) in [7, 11) is -3.46. The zero-order chi connectivity index (χ0) is 26.7. The zero-order valence-corrected chi connectivity index (χ0v) is 21.1. The molecule has 196 valence electrons. The van der Waals surface area contributed by atoms with E-state index in [2.05, 4.69) is 9.84 Å². The molecule has 2 atom stereocenters. The summed E-state index contributed by atoms with van der Waals surface area (Å²) in [6.45, 7) is 2.44. The van der Waals surface area contributed by atoms with Crippen molar-refractivity contribution in [2.45, 2.75) is 38.3 Å². The molecule has 3 N–H and O–H groups in total. The van der Waals surface area contributed by atoms with Crippen LogP contribution in [0, 0.1) is 6.92 Å². The highest BCUT2D eigenvalue weighted by Crippen LogP contribution is 2.37. The molecule has 37 heavy (non-hydrogen) atoms. The molecule has 1 amide bonds. The largest absolute Gasteiger partial charge is 0.524 e. The number of carbonyl (C=O) groups excluding carboxylic acids is 2. The molecule has 1 aliphatic heterocycles. The van der Waals surface area contributed by atoms with Gasteiger partial charge in [-0.3, -0.25) is 14.6 Å². The van der Waals surface area contributed by atoms with Crippen molar-refractivity contribution in [3.05, 3.63) is 70.1 Å². The highest BCUT2D eigenvalue weighted by atomic mass is 31.2. The van der Waals surface area contributed by atoms with E-state index in [1.807, 2.05) is 24.0 Å². The van der Waals surface area contributed by atoms with Gasteiger partial charge in [-0.05, 0) is 55.2 Å². The number of hydrogen-bond acceptors (Lipinski definition) is 8. The molecule has 4 rings (SSSR count). The van der Waals surface area contributed by atoms with E-state index >= 15 is 0 Å². The first-order valence-electron chi connectivity index (χ1n) is 11.6. The van der Waals surface area contributed by atoms with Gasteiger partial charge in [-0.2, -0.15) is 0 Å². The van der Waals surface area contributed by atoms with Crippen LogP contribution in [0.3, 0.4) is 0 Å². The molecule has 0 aliphatic carbocycles. The van der Waals surface area contributed by atoms with Crippen LogP contribution in [-0.2, 0) is 25.3 Å². The molecule has 3 aromatic rings. The number of carbonyl (C=O) groups is 2. The van der Waals surface area contributed by atoms with Crippen LogP contribution in [0.4, 0.5) is 5.69 Å². The van der Waals surface area contributed by atoms with Crippen molar-refractivity contribution in [2.24, 2.45) is 0 Å². The van der Waals surface area contributed by atoms with E-state index in [9.17, 15) is 18.9 Å². The number of methoxy groups -OCH3 is 1. The molecule has 1 saturated heterocycles. The second-order valence-electron chi connectivity index (χ2n) is 8.79. The van der Waals surface area contributed by atoms with E-state index < -0.39 is 31.5 Å². The van der Waals surface area contributed by atoms with E-state index in [4.69, 9.17) is 18.9 Å². The van der Waals surface area contributed by atoms with Crippen LogP contribution in [0.5, 0.6) is 5.75 Å². The molecule has 1 fully saturated rings. The lowest BCUT2D eigenvalue weighted by molar-refractivity contribution is -0.145. The summed E-state index contributed by atoms with van der Waals surface area (Å²) < 4.78 is 25.8. The number of ether oxygens (including phenoxy) is 1. The minimum absolute atomic E-state index is 0.0289. The monoisotopic (exact) mass is 530 g/mol. The van der Waals surface area contributed by atoms with Gasteiger partial charge >= 0.3 is 19.4 Å². The highest BCUT2D eigenvalue weighted by molar-refractivity contribution is 7.46. The summed E-state index contributed by atoms with van der Waals surface area (Å²) in [5, 5.41) is 3.59. The third-order valence-corrected chi connectivity index (χ3v) is 6.66. The average Bonchev–Trinajstić information content (AvgIpc) is 3.33. The van der Waals surface area contributed by atoms with E-state index in [-0.39, 0.29) is 18.1 Å². The van der Waals surface area contributed by atoms with Crippen LogP contribution in [0.15, 0.2) is 57.7 Å². The topological polar surface area (TPSA) is 156 Å². The van der Waals surface area contributed by atoms with Crippen LogP contribution in [0.2, 0.25) is 0 Å². The number of hydrogen-bond donors (Lipinski definition) is 3. The van der Waals surface area contributed by atoms with E-state index in [0.717, 1.165) is 23.1 Å². The first-order chi connectivity index (χ1) is 17.5. The van der Waals surface area contributed by atoms with E-state index in [1.165, 1.54) is 25.3 Å². The van der Waals surface area contributed by atoms with Crippen LogP contribution in [0.1, 0.15) is 24.0 Å². The standard InChI is InChI=1S/C25H27N2O9P/c1-15-12-23(28)35-22-14-17(7-10-19(15)22)27-11-3-4-21(27)24(29)26-20(25(30)34-2)13-16-5-8-18(9-6-16)36-37(31,32)33/h5-10,12,14,20-21H,3-4,11,13H2,1-2H3,(H,26,29)(H2,31,32,33)/t20-,21-/m0/s1. The second-order valence-corrected chi connectivity index (χ2v) is 9.96. The number of phosphoric acid groups is 1. The molecule has 2 heterocycles. The fourth-order valence-electron chi connectivity index (χ4n) is 4.50. The number of nitrogens with one attached hydrogen (secondary N) is 1. The number of aryl methyl sites for hydroxylation is 1. The maximum absolute atomic E-state index is 13.3. The van der Waals surface area contributed by atoms with Crippen LogP contribution < -0.4 is 20.4 Å². The van der Waals surface area contributed by atoms with Crippen molar-refractivity contribution < 1.29 is 37.6 Å². The van der Waals surface area contributed by atoms with Crippen molar-refractivity contribution in [1.82, 2.24) is 5.32 Å². The third-order valence-electron chi connectivity index (χ3n) is 6.21. The lowest BCUT2D eigenvalue weighted by atomic mass is 10.0. The van der Waals surface area contributed by atoms with Crippen molar-refractivity contribution >= 4 is 36.4 Å². The Labute approximate surface area is 212 Å². The first-order valence-corrected chi connectivity index (χ1v) is 13.1. The van der Waals surface area contributed by atoms with Gasteiger partial charge in [0.15, 0.2) is 0 Å². The molecule has 1 aliphatic rings. The van der Waals surface area contributed by atoms with Gasteiger partial charge in [-0.25, -0.2) is 14.2 Å². The lowest BCUT2D eigenvalue weighted by Crippen LogP contribution is -2.50. The zero-order valence-electron chi connectivity index (χ0n) is 20.2. The van der Waals surface area contributed by atoms with Crippen molar-refractivity contribution in [3.8, 4) is 5.75 Å². The van der Waals surface area contributed by atoms with Gasteiger partial charge in [-0.1, -0.05) is 12.1 Å². The first kappa shape index (κ1) is 26.4. The summed E-state index contributed by atoms with van der Waals surface area (Å²) in [6.07, 6.45) is 1.43. The molecule has 0 unspecified atom stereocenters. The number of phosphoric ester groups is 1. The Hall–Kier alpha value is -3.66. The van der Waals surface area contributed by atoms with Crippen molar-refractivity contribution in [3.63, 3.8) is 0 Å². The fourth-order valence-corrected chi connectivity index (χ4v) is 4.90. The molecule has 1 aromatic heterocycles. The molecule has 0 saturated carbocycles. The summed E-state index contributed by atoms with van der Waals surface area (Å²) in [5.74, 6) is -1.00. The van der Waals surface area contributed by atoms with E-state index in [1.54, 1.807) is 18.2 Å². The summed E-state index contributed by atoms with van der Waals surface area (Å²) in [4.78, 5) is 57.4. The predicted octanol–water partition coefficient (Wildman–Crippen LogP) is 2.44. The Balaban J connectivity index is 1.50. The van der Waals surface area contributed by atoms with Crippen LogP contribution in [0.25, 0.3) is 11.0 Å². The van der Waals surface area contributed by atoms with Crippen LogP contribution >= 0.6 is 7.82 Å². The number of fused-ring (bicyclic) bond motifs is 1. The Morgan fingerprint density at radius 1 is 1.19 bits per heavy atom. The predicted molar refractivity (Wildman–Crippen MR) is 134 cm³/mol. The Kier molecular flexibility index (Phi) is 7.68. The van der Waals surface area contributed by atoms with Gasteiger partial charge in [-0.15, -0.1) is 0 Å². The minimum Gasteiger partial charge on any atom is -0.467 e. The number of nitrogens with zero attached hydrogens (tertiary/aromatic N) is 1. The van der Waals surface area contributed by atoms with E-state index in [0.29, 0.717) is 24.1 Å². The quantitative estimate of drug-likeness (QED) is 0.225. The fraction of sp³-hybridized carbons (Fsp3) is 0.320. The number of benzene rings is 2. The van der Waals surface area contributed by atoms with Crippen molar-refractivity contribution in [1.29, 1.82) is 0 Å². The molecule has 12 heteroatoms. The SMILES string of the molecule is COC(=O)[C@H](Cc1ccc(OP(=O)(O)O)cc1)NC(=O)[C@@H]1CCCN1c1ccc2c(C)cc(=O)oc2c1. The summed E-state index contributed by atoms with van der Waals surface area (Å²) >= 11 is 0. The number of rotatable bonds is 8. The summed E-state index contributed by atoms with van der Waals surface area (Å²) in [5.41, 5.74) is 2.15. The normalized spacial score (nSPS) is 16.4. The molecular formula is C25H27N2O9P. The highest BCUT2D eigenvalue weighted by Gasteiger charge is 2.34. The van der Waals surface area contributed by atoms with Gasteiger partial charge in [0, 0.05) is 36.2 Å². The number of esters is 1. The minimum atomic E-state index is -4.69. The average molecular weight is 530 g/mol. The molecule has 11 nitrogen and oxygen atoms in total. The van der Waals surface area contributed by atoms with Crippen LogP contribution in [-0.4, -0.2) is 47.4 Å². The number of anilines is 1. The maximum atomic E-state index is 13.3. The smallest absolute Gasteiger partial charge is 0.467 e. The maximum Gasteiger partial charge on any atom is 0.524 e. The van der Waals surface area contributed by atoms with Gasteiger partial charge in [0.25, 0.3) is 0 Å². The molecular weight excluding hydrogens is 503 g/mol. The Morgan fingerprint density at radius 3 is 2.59 bits per heavy atom. The van der Waals surface area contributed by atoms with Gasteiger partial charge in [0.2, 0.25) is 5.91 Å². The number of amides is 1. The molecule has 0 bridgehead atoms. The second kappa shape index (κ2) is 10.8. The lowest BCUT2D eigenvalue weighted by Gasteiger charge is -2.27. The van der Waals surface area contributed by atoms with Crippen molar-refractivity contribution in [2.75, 3.05) is 18.6 Å². The van der Waals surface area contributed by atoms with Gasteiger partial charge in [0.1, 0.15) is 23.4 Å². The molecule has 2 aromatic carbocycles. The Morgan fingerprint density at radius 2 is 1.92 bits per heavy atom. The summed E-state index contributed by atoms with van der Waals surface area (Å²) in [6, 6.07) is 11.2.